The number of rotatable bonds is 1. The van der Waals surface area contributed by atoms with E-state index in [1.165, 1.54) is 0 Å². The van der Waals surface area contributed by atoms with E-state index < -0.39 is 9.84 Å². The summed E-state index contributed by atoms with van der Waals surface area (Å²) in [5.74, 6) is -0.210. The predicted molar refractivity (Wildman–Crippen MR) is 66.0 cm³/mol. The van der Waals surface area contributed by atoms with Gasteiger partial charge < -0.3 is 5.11 Å². The minimum atomic E-state index is -3.48. The average molecular weight is 251 g/mol. The third kappa shape index (κ3) is 1.98. The highest BCUT2D eigenvalue weighted by Gasteiger charge is 2.20. The van der Waals surface area contributed by atoms with Gasteiger partial charge in [0.1, 0.15) is 10.6 Å². The number of nitrogens with zero attached hydrogens (tertiary/aromatic N) is 1. The van der Waals surface area contributed by atoms with Crippen molar-refractivity contribution in [2.45, 2.75) is 18.7 Å². The van der Waals surface area contributed by atoms with Crippen LogP contribution >= 0.6 is 0 Å². The lowest BCUT2D eigenvalue weighted by Gasteiger charge is -2.09. The van der Waals surface area contributed by atoms with E-state index in [9.17, 15) is 13.5 Å². The van der Waals surface area contributed by atoms with Crippen LogP contribution in [0.5, 0.6) is 5.75 Å². The van der Waals surface area contributed by atoms with Crippen molar-refractivity contribution in [1.29, 1.82) is 0 Å². The van der Waals surface area contributed by atoms with Crippen LogP contribution in [0.15, 0.2) is 23.1 Å². The van der Waals surface area contributed by atoms with E-state index >= 15 is 0 Å². The summed E-state index contributed by atoms with van der Waals surface area (Å²) < 4.78 is 23.2. The number of aromatic nitrogens is 1. The molecule has 0 bridgehead atoms. The molecule has 1 aromatic heterocycles. The first-order valence-electron chi connectivity index (χ1n) is 5.10. The van der Waals surface area contributed by atoms with Crippen molar-refractivity contribution in [3.63, 3.8) is 0 Å². The van der Waals surface area contributed by atoms with Gasteiger partial charge in [-0.15, -0.1) is 0 Å². The first-order valence-corrected chi connectivity index (χ1v) is 7.00. The lowest BCUT2D eigenvalue weighted by atomic mass is 10.1. The van der Waals surface area contributed by atoms with Crippen LogP contribution < -0.4 is 0 Å². The zero-order chi connectivity index (χ0) is 12.8. The van der Waals surface area contributed by atoms with Crippen molar-refractivity contribution in [1.82, 2.24) is 4.98 Å². The van der Waals surface area contributed by atoms with Crippen molar-refractivity contribution in [2.75, 3.05) is 6.26 Å². The largest absolute Gasteiger partial charge is 0.506 e. The van der Waals surface area contributed by atoms with Gasteiger partial charge in [0, 0.05) is 11.6 Å². The number of pyridine rings is 1. The van der Waals surface area contributed by atoms with Crippen LogP contribution in [0.3, 0.4) is 0 Å². The van der Waals surface area contributed by atoms with Crippen LogP contribution in [0, 0.1) is 13.8 Å². The van der Waals surface area contributed by atoms with Gasteiger partial charge in [-0.05, 0) is 26.0 Å². The minimum absolute atomic E-state index is 0.0874. The Bertz CT molecular complexity index is 705. The smallest absolute Gasteiger partial charge is 0.180 e. The summed E-state index contributed by atoms with van der Waals surface area (Å²) >= 11 is 0. The maximum absolute atomic E-state index is 11.6. The molecule has 0 radical (unpaired) electrons. The lowest BCUT2D eigenvalue weighted by Crippen LogP contribution is -2.03. The molecule has 0 aliphatic carbocycles. The van der Waals surface area contributed by atoms with Crippen molar-refractivity contribution in [2.24, 2.45) is 0 Å². The van der Waals surface area contributed by atoms with Crippen LogP contribution in [0.1, 0.15) is 11.3 Å². The Hall–Kier alpha value is -1.62. The second-order valence-electron chi connectivity index (χ2n) is 4.17. The quantitative estimate of drug-likeness (QED) is 0.841. The predicted octanol–water partition coefficient (Wildman–Crippen LogP) is 1.96. The molecular formula is C12H13NO3S. The SMILES string of the molecule is Cc1ccc2nc(C)c(S(C)(=O)=O)c(O)c2c1. The van der Waals surface area contributed by atoms with E-state index in [-0.39, 0.29) is 10.6 Å². The van der Waals surface area contributed by atoms with Crippen LogP contribution in [0.2, 0.25) is 0 Å². The third-order valence-electron chi connectivity index (χ3n) is 2.61. The summed E-state index contributed by atoms with van der Waals surface area (Å²) in [6, 6.07) is 5.36. The summed E-state index contributed by atoms with van der Waals surface area (Å²) in [6.45, 7) is 3.45. The summed E-state index contributed by atoms with van der Waals surface area (Å²) in [5.41, 5.74) is 1.86. The molecule has 0 aliphatic rings. The Morgan fingerprint density at radius 3 is 2.47 bits per heavy atom. The van der Waals surface area contributed by atoms with Crippen LogP contribution in [-0.4, -0.2) is 24.8 Å². The molecule has 17 heavy (non-hydrogen) atoms. The Labute approximate surface area is 99.8 Å². The summed E-state index contributed by atoms with van der Waals surface area (Å²) in [7, 11) is -3.48. The van der Waals surface area contributed by atoms with E-state index in [1.807, 2.05) is 13.0 Å². The number of benzene rings is 1. The molecule has 1 N–H and O–H groups in total. The molecule has 0 aliphatic heterocycles. The Balaban J connectivity index is 2.98. The zero-order valence-corrected chi connectivity index (χ0v) is 10.7. The highest BCUT2D eigenvalue weighted by atomic mass is 32.2. The molecule has 0 amide bonds. The average Bonchev–Trinajstić information content (AvgIpc) is 2.17. The standard InChI is InChI=1S/C12H13NO3S/c1-7-4-5-10-9(6-7)11(14)12(8(2)13-10)17(3,15)16/h4-6H,1-3H3,(H,13,14). The first kappa shape index (κ1) is 11.9. The van der Waals surface area contributed by atoms with Gasteiger partial charge in [0.2, 0.25) is 0 Å². The summed E-state index contributed by atoms with van der Waals surface area (Å²) in [4.78, 5) is 4.12. The molecule has 2 aromatic rings. The highest BCUT2D eigenvalue weighted by molar-refractivity contribution is 7.90. The fourth-order valence-electron chi connectivity index (χ4n) is 1.91. The molecule has 0 unspecified atom stereocenters. The molecule has 0 spiro atoms. The van der Waals surface area contributed by atoms with Gasteiger partial charge in [-0.2, -0.15) is 0 Å². The molecule has 90 valence electrons. The van der Waals surface area contributed by atoms with E-state index in [2.05, 4.69) is 4.98 Å². The second kappa shape index (κ2) is 3.70. The lowest BCUT2D eigenvalue weighted by molar-refractivity contribution is 0.463. The number of hydrogen-bond acceptors (Lipinski definition) is 4. The second-order valence-corrected chi connectivity index (χ2v) is 6.12. The number of sulfone groups is 1. The molecule has 2 rings (SSSR count). The third-order valence-corrected chi connectivity index (χ3v) is 3.84. The zero-order valence-electron chi connectivity index (χ0n) is 9.85. The van der Waals surface area contributed by atoms with E-state index in [0.717, 1.165) is 11.8 Å². The van der Waals surface area contributed by atoms with Crippen LogP contribution in [-0.2, 0) is 9.84 Å². The molecule has 4 nitrogen and oxygen atoms in total. The number of fused-ring (bicyclic) bond motifs is 1. The topological polar surface area (TPSA) is 67.3 Å². The Kier molecular flexibility index (Phi) is 2.58. The number of hydrogen-bond donors (Lipinski definition) is 1. The van der Waals surface area contributed by atoms with Crippen molar-refractivity contribution < 1.29 is 13.5 Å². The molecule has 1 aromatic carbocycles. The van der Waals surface area contributed by atoms with Gasteiger partial charge in [0.15, 0.2) is 9.84 Å². The van der Waals surface area contributed by atoms with Crippen molar-refractivity contribution in [3.05, 3.63) is 29.5 Å². The van der Waals surface area contributed by atoms with Gasteiger partial charge in [0.25, 0.3) is 0 Å². The number of aromatic hydroxyl groups is 1. The number of aryl methyl sites for hydroxylation is 2. The highest BCUT2D eigenvalue weighted by Crippen LogP contribution is 2.33. The van der Waals surface area contributed by atoms with Crippen molar-refractivity contribution in [3.8, 4) is 5.75 Å². The minimum Gasteiger partial charge on any atom is -0.506 e. The molecular weight excluding hydrogens is 238 g/mol. The molecule has 0 fully saturated rings. The fourth-order valence-corrected chi connectivity index (χ4v) is 2.95. The van der Waals surface area contributed by atoms with Crippen LogP contribution in [0.25, 0.3) is 10.9 Å². The molecule has 5 heteroatoms. The van der Waals surface area contributed by atoms with Gasteiger partial charge in [-0.25, -0.2) is 8.42 Å². The Morgan fingerprint density at radius 1 is 1.24 bits per heavy atom. The van der Waals surface area contributed by atoms with Crippen LogP contribution in [0.4, 0.5) is 0 Å². The van der Waals surface area contributed by atoms with Gasteiger partial charge in [-0.1, -0.05) is 11.6 Å². The van der Waals surface area contributed by atoms with E-state index in [0.29, 0.717) is 16.6 Å². The summed E-state index contributed by atoms with van der Waals surface area (Å²) in [5, 5.41) is 10.5. The molecule has 0 atom stereocenters. The maximum Gasteiger partial charge on any atom is 0.180 e. The molecule has 0 saturated carbocycles. The van der Waals surface area contributed by atoms with Gasteiger partial charge in [-0.3, -0.25) is 4.98 Å². The molecule has 0 saturated heterocycles. The Morgan fingerprint density at radius 2 is 1.88 bits per heavy atom. The van der Waals surface area contributed by atoms with Crippen molar-refractivity contribution >= 4 is 20.7 Å². The fraction of sp³-hybridized carbons (Fsp3) is 0.250. The van der Waals surface area contributed by atoms with E-state index in [1.54, 1.807) is 19.1 Å². The van der Waals surface area contributed by atoms with E-state index in [4.69, 9.17) is 0 Å². The monoisotopic (exact) mass is 251 g/mol. The first-order chi connectivity index (χ1) is 7.80. The normalized spacial score (nSPS) is 11.9. The summed E-state index contributed by atoms with van der Waals surface area (Å²) in [6.07, 6.45) is 1.07. The van der Waals surface area contributed by atoms with Gasteiger partial charge in [0.05, 0.1) is 11.2 Å². The maximum atomic E-state index is 11.6. The van der Waals surface area contributed by atoms with Gasteiger partial charge >= 0.3 is 0 Å². The molecule has 1 heterocycles.